The number of hydrogen-bond acceptors (Lipinski definition) is 3. The van der Waals surface area contributed by atoms with E-state index >= 15 is 0 Å². The van der Waals surface area contributed by atoms with Crippen LogP contribution in [0.5, 0.6) is 0 Å². The number of urea groups is 1. The molecule has 5 heteroatoms. The lowest BCUT2D eigenvalue weighted by atomic mass is 10.1. The lowest BCUT2D eigenvalue weighted by molar-refractivity contribution is 0.134. The van der Waals surface area contributed by atoms with Crippen molar-refractivity contribution in [3.63, 3.8) is 0 Å². The second-order valence-corrected chi connectivity index (χ2v) is 5.57. The molecule has 2 aromatic rings. The van der Waals surface area contributed by atoms with Gasteiger partial charge in [-0.2, -0.15) is 0 Å². The Kier molecular flexibility index (Phi) is 4.90. The first-order valence-corrected chi connectivity index (χ1v) is 7.65. The molecular formula is C18H20N2O3. The molecule has 0 bridgehead atoms. The Hall–Kier alpha value is -2.37. The van der Waals surface area contributed by atoms with Gasteiger partial charge in [0.15, 0.2) is 0 Å². The SMILES string of the molecule is O=C(NCc1ccc2c(c1)COC2)N[C@H](CO)c1ccccc1. The lowest BCUT2D eigenvalue weighted by Gasteiger charge is -2.17. The summed E-state index contributed by atoms with van der Waals surface area (Å²) in [4.78, 5) is 12.0. The predicted molar refractivity (Wildman–Crippen MR) is 86.6 cm³/mol. The Morgan fingerprint density at radius 1 is 1.13 bits per heavy atom. The van der Waals surface area contributed by atoms with Crippen LogP contribution in [-0.2, 0) is 24.5 Å². The van der Waals surface area contributed by atoms with Gasteiger partial charge in [-0.1, -0.05) is 48.5 Å². The molecule has 2 amide bonds. The Morgan fingerprint density at radius 3 is 2.70 bits per heavy atom. The van der Waals surface area contributed by atoms with Crippen molar-refractivity contribution in [3.8, 4) is 0 Å². The second kappa shape index (κ2) is 7.26. The Morgan fingerprint density at radius 2 is 1.91 bits per heavy atom. The van der Waals surface area contributed by atoms with Gasteiger partial charge in [-0.15, -0.1) is 0 Å². The van der Waals surface area contributed by atoms with Crippen molar-refractivity contribution in [2.75, 3.05) is 6.61 Å². The molecule has 5 nitrogen and oxygen atoms in total. The summed E-state index contributed by atoms with van der Waals surface area (Å²) < 4.78 is 5.38. The Balaban J connectivity index is 1.55. The van der Waals surface area contributed by atoms with Crippen LogP contribution in [0.25, 0.3) is 0 Å². The number of ether oxygens (including phenoxy) is 1. The number of fused-ring (bicyclic) bond motifs is 1. The van der Waals surface area contributed by atoms with Crippen LogP contribution in [0.15, 0.2) is 48.5 Å². The van der Waals surface area contributed by atoms with E-state index < -0.39 is 6.04 Å². The highest BCUT2D eigenvalue weighted by molar-refractivity contribution is 5.74. The van der Waals surface area contributed by atoms with Gasteiger partial charge in [-0.25, -0.2) is 4.79 Å². The number of carbonyl (C=O) groups is 1. The van der Waals surface area contributed by atoms with Crippen LogP contribution < -0.4 is 10.6 Å². The van der Waals surface area contributed by atoms with Crippen LogP contribution in [0.1, 0.15) is 28.3 Å². The molecule has 0 aliphatic carbocycles. The monoisotopic (exact) mass is 312 g/mol. The van der Waals surface area contributed by atoms with Crippen molar-refractivity contribution in [1.82, 2.24) is 10.6 Å². The molecule has 1 aliphatic heterocycles. The molecule has 0 aromatic heterocycles. The number of hydrogen-bond donors (Lipinski definition) is 3. The molecule has 0 unspecified atom stereocenters. The van der Waals surface area contributed by atoms with E-state index in [2.05, 4.69) is 16.7 Å². The fourth-order valence-corrected chi connectivity index (χ4v) is 2.65. The summed E-state index contributed by atoms with van der Waals surface area (Å²) in [5.41, 5.74) is 4.30. The van der Waals surface area contributed by atoms with Crippen LogP contribution in [0.3, 0.4) is 0 Å². The summed E-state index contributed by atoms with van der Waals surface area (Å²) in [6.07, 6.45) is 0. The van der Waals surface area contributed by atoms with Gasteiger partial charge in [-0.3, -0.25) is 0 Å². The fourth-order valence-electron chi connectivity index (χ4n) is 2.65. The van der Waals surface area contributed by atoms with E-state index in [1.54, 1.807) is 0 Å². The van der Waals surface area contributed by atoms with E-state index in [9.17, 15) is 9.90 Å². The molecule has 1 aliphatic rings. The second-order valence-electron chi connectivity index (χ2n) is 5.57. The molecule has 0 saturated heterocycles. The molecular weight excluding hydrogens is 292 g/mol. The van der Waals surface area contributed by atoms with Crippen LogP contribution >= 0.6 is 0 Å². The molecule has 1 heterocycles. The standard InChI is InChI=1S/C18H20N2O3/c21-10-17(14-4-2-1-3-5-14)20-18(22)19-9-13-6-7-15-11-23-12-16(15)8-13/h1-8,17,21H,9-12H2,(H2,19,20,22)/t17-/m1/s1. The van der Waals surface area contributed by atoms with Crippen LogP contribution in [-0.4, -0.2) is 17.7 Å². The smallest absolute Gasteiger partial charge is 0.315 e. The van der Waals surface area contributed by atoms with Gasteiger partial charge in [0.2, 0.25) is 0 Å². The van der Waals surface area contributed by atoms with Gasteiger partial charge < -0.3 is 20.5 Å². The van der Waals surface area contributed by atoms with Crippen molar-refractivity contribution in [3.05, 3.63) is 70.8 Å². The fraction of sp³-hybridized carbons (Fsp3) is 0.278. The van der Waals surface area contributed by atoms with Gasteiger partial charge >= 0.3 is 6.03 Å². The third-order valence-corrected chi connectivity index (χ3v) is 3.93. The van der Waals surface area contributed by atoms with Crippen molar-refractivity contribution in [2.45, 2.75) is 25.8 Å². The number of nitrogens with one attached hydrogen (secondary N) is 2. The molecule has 0 spiro atoms. The third kappa shape index (κ3) is 3.88. The van der Waals surface area contributed by atoms with E-state index in [0.29, 0.717) is 19.8 Å². The van der Waals surface area contributed by atoms with Crippen LogP contribution in [0.2, 0.25) is 0 Å². The van der Waals surface area contributed by atoms with E-state index in [1.165, 1.54) is 11.1 Å². The number of aliphatic hydroxyl groups is 1. The zero-order chi connectivity index (χ0) is 16.1. The summed E-state index contributed by atoms with van der Waals surface area (Å²) in [7, 11) is 0. The third-order valence-electron chi connectivity index (χ3n) is 3.93. The van der Waals surface area contributed by atoms with E-state index in [4.69, 9.17) is 4.74 Å². The summed E-state index contributed by atoms with van der Waals surface area (Å²) in [5, 5.41) is 15.1. The highest BCUT2D eigenvalue weighted by atomic mass is 16.5. The topological polar surface area (TPSA) is 70.6 Å². The number of carbonyl (C=O) groups excluding carboxylic acids is 1. The van der Waals surface area contributed by atoms with Gasteiger partial charge in [0, 0.05) is 6.54 Å². The average Bonchev–Trinajstić information content (AvgIpc) is 3.06. The number of rotatable bonds is 5. The Labute approximate surface area is 135 Å². The Bertz CT molecular complexity index is 673. The molecule has 2 aromatic carbocycles. The molecule has 120 valence electrons. The quantitative estimate of drug-likeness (QED) is 0.793. The maximum absolute atomic E-state index is 12.0. The molecule has 0 radical (unpaired) electrons. The number of benzene rings is 2. The van der Waals surface area contributed by atoms with Crippen molar-refractivity contribution in [2.24, 2.45) is 0 Å². The number of aliphatic hydroxyl groups excluding tert-OH is 1. The zero-order valence-electron chi connectivity index (χ0n) is 12.8. The van der Waals surface area contributed by atoms with Crippen molar-refractivity contribution >= 4 is 6.03 Å². The lowest BCUT2D eigenvalue weighted by Crippen LogP contribution is -2.38. The largest absolute Gasteiger partial charge is 0.394 e. The van der Waals surface area contributed by atoms with Gasteiger partial charge in [0.1, 0.15) is 0 Å². The molecule has 0 saturated carbocycles. The first-order chi connectivity index (χ1) is 11.3. The van der Waals surface area contributed by atoms with Crippen molar-refractivity contribution < 1.29 is 14.6 Å². The molecule has 3 rings (SSSR count). The zero-order valence-corrected chi connectivity index (χ0v) is 12.8. The molecule has 23 heavy (non-hydrogen) atoms. The van der Waals surface area contributed by atoms with Gasteiger partial charge in [0.05, 0.1) is 25.9 Å². The van der Waals surface area contributed by atoms with E-state index in [-0.39, 0.29) is 12.6 Å². The summed E-state index contributed by atoms with van der Waals surface area (Å²) >= 11 is 0. The summed E-state index contributed by atoms with van der Waals surface area (Å²) in [5.74, 6) is 0. The maximum atomic E-state index is 12.0. The maximum Gasteiger partial charge on any atom is 0.315 e. The van der Waals surface area contributed by atoms with Crippen molar-refractivity contribution in [1.29, 1.82) is 0 Å². The number of amides is 2. The van der Waals surface area contributed by atoms with Crippen LogP contribution in [0.4, 0.5) is 4.79 Å². The minimum Gasteiger partial charge on any atom is -0.394 e. The first kappa shape index (κ1) is 15.5. The van der Waals surface area contributed by atoms with Gasteiger partial charge in [0.25, 0.3) is 0 Å². The molecule has 3 N–H and O–H groups in total. The van der Waals surface area contributed by atoms with E-state index in [0.717, 1.165) is 11.1 Å². The first-order valence-electron chi connectivity index (χ1n) is 7.65. The molecule has 1 atom stereocenters. The van der Waals surface area contributed by atoms with Crippen LogP contribution in [0, 0.1) is 0 Å². The minimum atomic E-state index is -0.412. The highest BCUT2D eigenvalue weighted by Crippen LogP contribution is 2.20. The normalized spacial score (nSPS) is 14.1. The van der Waals surface area contributed by atoms with E-state index in [1.807, 2.05) is 42.5 Å². The summed E-state index contributed by atoms with van der Waals surface area (Å²) in [6.45, 7) is 1.59. The molecule has 0 fully saturated rings. The van der Waals surface area contributed by atoms with Gasteiger partial charge in [-0.05, 0) is 22.3 Å². The summed E-state index contributed by atoms with van der Waals surface area (Å²) in [6, 6.07) is 14.8. The average molecular weight is 312 g/mol. The minimum absolute atomic E-state index is 0.145. The highest BCUT2D eigenvalue weighted by Gasteiger charge is 2.14. The predicted octanol–water partition coefficient (Wildman–Crippen LogP) is 2.25.